The van der Waals surface area contributed by atoms with Crippen LogP contribution in [-0.2, 0) is 20.3 Å². The molecule has 0 aliphatic carbocycles. The molecule has 3 aliphatic heterocycles. The van der Waals surface area contributed by atoms with Crippen molar-refractivity contribution in [2.75, 3.05) is 25.4 Å². The van der Waals surface area contributed by atoms with Gasteiger partial charge in [0.2, 0.25) is 16.0 Å². The lowest BCUT2D eigenvalue weighted by molar-refractivity contribution is -0.00358. The molecule has 0 bridgehead atoms. The average Bonchev–Trinajstić information content (AvgIpc) is 3.22. The number of nitrogens with one attached hydrogen (secondary N) is 1. The Hall–Kier alpha value is -3.25. The maximum absolute atomic E-state index is 14.5. The summed E-state index contributed by atoms with van der Waals surface area (Å²) in [7, 11) is -3.53. The van der Waals surface area contributed by atoms with Crippen LogP contribution in [0.4, 0.5) is 9.18 Å². The van der Waals surface area contributed by atoms with Crippen LogP contribution in [0, 0.1) is 17.8 Å². The second-order valence-electron chi connectivity index (χ2n) is 9.69. The largest absolute Gasteiger partial charge is 0.490 e. The van der Waals surface area contributed by atoms with Gasteiger partial charge >= 0.3 is 6.09 Å². The average molecular weight is 519 g/mol. The number of ether oxygens (including phenoxy) is 2. The molecule has 4 heterocycles. The Bertz CT molecular complexity index is 1330. The van der Waals surface area contributed by atoms with E-state index in [0.29, 0.717) is 29.8 Å². The number of carboxylic acid groups (broad SMARTS) is 1. The lowest BCUT2D eigenvalue weighted by atomic mass is 9.71. The molecule has 192 valence electrons. The zero-order valence-electron chi connectivity index (χ0n) is 19.8. The fraction of sp³-hybridized carbons (Fsp3) is 0.458. The number of amidine groups is 1. The molecule has 1 amide bonds. The molecule has 1 fully saturated rings. The summed E-state index contributed by atoms with van der Waals surface area (Å²) >= 11 is 0. The van der Waals surface area contributed by atoms with E-state index in [1.165, 1.54) is 10.5 Å². The number of nitrogens with zero attached hydrogens (tertiary/aromatic N) is 3. The first kappa shape index (κ1) is 24.4. The van der Waals surface area contributed by atoms with E-state index in [-0.39, 0.29) is 42.5 Å². The molecule has 0 saturated carbocycles. The lowest BCUT2D eigenvalue weighted by Gasteiger charge is -2.48. The molecule has 3 aliphatic rings. The highest BCUT2D eigenvalue weighted by molar-refractivity contribution is 7.89. The van der Waals surface area contributed by atoms with E-state index < -0.39 is 33.5 Å². The van der Waals surface area contributed by atoms with Gasteiger partial charge in [-0.15, -0.1) is 0 Å². The molecule has 1 aromatic carbocycles. The van der Waals surface area contributed by atoms with Crippen LogP contribution >= 0.6 is 0 Å². The predicted octanol–water partition coefficient (Wildman–Crippen LogP) is 2.81. The third-order valence-electron chi connectivity index (χ3n) is 6.80. The van der Waals surface area contributed by atoms with Gasteiger partial charge in [-0.3, -0.25) is 0 Å². The van der Waals surface area contributed by atoms with Crippen LogP contribution in [0.2, 0.25) is 0 Å². The highest BCUT2D eigenvalue weighted by Crippen LogP contribution is 2.51. The molecule has 1 saturated heterocycles. The van der Waals surface area contributed by atoms with Crippen LogP contribution in [-0.4, -0.2) is 66.5 Å². The summed E-state index contributed by atoms with van der Waals surface area (Å²) in [6.45, 7) is 4.13. The number of hydrogen-bond acceptors (Lipinski definition) is 7. The van der Waals surface area contributed by atoms with Crippen molar-refractivity contribution in [1.82, 2.24) is 14.6 Å². The molecule has 36 heavy (non-hydrogen) atoms. The van der Waals surface area contributed by atoms with Crippen molar-refractivity contribution >= 4 is 22.1 Å². The Kier molecular flexibility index (Phi) is 6.11. The number of hydrogen-bond donors (Lipinski definition) is 2. The number of amides is 1. The van der Waals surface area contributed by atoms with Crippen molar-refractivity contribution in [1.29, 1.82) is 0 Å². The summed E-state index contributed by atoms with van der Waals surface area (Å²) in [5.74, 6) is -0.593. The highest BCUT2D eigenvalue weighted by Gasteiger charge is 2.56. The minimum Gasteiger partial charge on any atom is -0.490 e. The second kappa shape index (κ2) is 9.00. The Morgan fingerprint density at radius 1 is 1.36 bits per heavy atom. The lowest BCUT2D eigenvalue weighted by Crippen LogP contribution is -2.58. The van der Waals surface area contributed by atoms with Gasteiger partial charge in [-0.2, -0.15) is 4.39 Å². The first-order valence-corrected chi connectivity index (χ1v) is 13.3. The van der Waals surface area contributed by atoms with Gasteiger partial charge in [0.1, 0.15) is 24.0 Å². The van der Waals surface area contributed by atoms with E-state index >= 15 is 0 Å². The summed E-state index contributed by atoms with van der Waals surface area (Å²) in [6, 6.07) is 8.26. The molecule has 10 nitrogen and oxygen atoms in total. The van der Waals surface area contributed by atoms with Crippen LogP contribution in [0.3, 0.4) is 0 Å². The molecule has 1 aromatic heterocycles. The number of carbonyl (C=O) groups is 1. The normalized spacial score (nSPS) is 25.5. The Morgan fingerprint density at radius 3 is 2.89 bits per heavy atom. The van der Waals surface area contributed by atoms with E-state index in [1.54, 1.807) is 30.3 Å². The number of sulfonamides is 1. The molecule has 5 rings (SSSR count). The Labute approximate surface area is 208 Å². The quantitative estimate of drug-likeness (QED) is 0.595. The third kappa shape index (κ3) is 4.28. The van der Waals surface area contributed by atoms with Crippen molar-refractivity contribution < 1.29 is 32.2 Å². The number of fused-ring (bicyclic) bond motifs is 4. The summed E-state index contributed by atoms with van der Waals surface area (Å²) in [5, 5.41) is 11.4. The zero-order chi connectivity index (χ0) is 25.7. The van der Waals surface area contributed by atoms with E-state index in [1.807, 2.05) is 13.8 Å². The van der Waals surface area contributed by atoms with Crippen molar-refractivity contribution in [2.45, 2.75) is 31.9 Å². The molecular formula is C24H27FN4O6S. The predicted molar refractivity (Wildman–Crippen MR) is 129 cm³/mol. The fourth-order valence-electron chi connectivity index (χ4n) is 5.29. The minimum atomic E-state index is -3.53. The standard InChI is InChI=1S/C24H27FN4O6S/c1-14(2)12-36(32,33)29-9-7-20-18(11-29)24(13-34-22(28-24)27-23(30)31)17-10-15(5-6-19(17)35-20)16-4-3-8-26-21(16)25/h3-6,8,10,14,18,20H,7,9,11-13H2,1-2H3,(H,27,28)(H,30,31)/t18-,20-,24+/m1/s1. The molecule has 2 aromatic rings. The smallest absolute Gasteiger partial charge is 0.412 e. The second-order valence-corrected chi connectivity index (χ2v) is 11.7. The fourth-order valence-corrected chi connectivity index (χ4v) is 7.11. The monoisotopic (exact) mass is 518 g/mol. The van der Waals surface area contributed by atoms with Gasteiger partial charge in [-0.1, -0.05) is 19.9 Å². The van der Waals surface area contributed by atoms with Crippen molar-refractivity contribution in [2.24, 2.45) is 16.8 Å². The van der Waals surface area contributed by atoms with Crippen LogP contribution < -0.4 is 10.1 Å². The molecule has 3 atom stereocenters. The number of aliphatic imine (C=N–C) groups is 1. The molecule has 1 spiro atoms. The van der Waals surface area contributed by atoms with Crippen LogP contribution in [0.15, 0.2) is 41.5 Å². The molecule has 12 heteroatoms. The van der Waals surface area contributed by atoms with Gasteiger partial charge in [0.15, 0.2) is 0 Å². The number of halogens is 1. The number of rotatable bonds is 4. The summed E-state index contributed by atoms with van der Waals surface area (Å²) in [4.78, 5) is 19.7. The first-order chi connectivity index (χ1) is 17.1. The van der Waals surface area contributed by atoms with Crippen molar-refractivity contribution in [3.05, 3.63) is 48.0 Å². The minimum absolute atomic E-state index is 0.0167. The van der Waals surface area contributed by atoms with E-state index in [0.717, 1.165) is 0 Å². The highest BCUT2D eigenvalue weighted by atomic mass is 32.2. The number of piperidine rings is 1. The van der Waals surface area contributed by atoms with Gasteiger partial charge in [0.05, 0.1) is 5.75 Å². The van der Waals surface area contributed by atoms with Crippen LogP contribution in [0.25, 0.3) is 11.1 Å². The number of benzene rings is 1. The molecule has 2 N–H and O–H groups in total. The van der Waals surface area contributed by atoms with Crippen LogP contribution in [0.1, 0.15) is 25.8 Å². The summed E-state index contributed by atoms with van der Waals surface area (Å²) < 4.78 is 54.1. The van der Waals surface area contributed by atoms with E-state index in [9.17, 15) is 22.7 Å². The van der Waals surface area contributed by atoms with Gasteiger partial charge < -0.3 is 14.6 Å². The van der Waals surface area contributed by atoms with Gasteiger partial charge in [-0.05, 0) is 42.2 Å². The number of pyridine rings is 1. The summed E-state index contributed by atoms with van der Waals surface area (Å²) in [5.41, 5.74) is 0.274. The molecule has 0 unspecified atom stereocenters. The number of aromatic nitrogens is 1. The Balaban J connectivity index is 1.61. The first-order valence-electron chi connectivity index (χ1n) is 11.7. The summed E-state index contributed by atoms with van der Waals surface area (Å²) in [6.07, 6.45) is 0.116. The topological polar surface area (TPSA) is 130 Å². The van der Waals surface area contributed by atoms with Gasteiger partial charge in [0, 0.05) is 36.3 Å². The van der Waals surface area contributed by atoms with Crippen LogP contribution in [0.5, 0.6) is 5.75 Å². The van der Waals surface area contributed by atoms with E-state index in [2.05, 4.69) is 15.3 Å². The maximum atomic E-state index is 14.5. The Morgan fingerprint density at radius 2 is 2.17 bits per heavy atom. The van der Waals surface area contributed by atoms with Gasteiger partial charge in [0.25, 0.3) is 6.02 Å². The third-order valence-corrected chi connectivity index (χ3v) is 9.01. The van der Waals surface area contributed by atoms with Crippen molar-refractivity contribution in [3.8, 4) is 16.9 Å². The molecular weight excluding hydrogens is 491 g/mol. The molecule has 0 radical (unpaired) electrons. The maximum Gasteiger partial charge on any atom is 0.412 e. The van der Waals surface area contributed by atoms with Gasteiger partial charge in [-0.25, -0.2) is 32.8 Å². The SMILES string of the molecule is CC(C)CS(=O)(=O)N1CC[C@H]2Oc3ccc(-c4cccnc4F)cc3[C@@]3(COC(NC(=O)O)=N3)[C@@H]2C1. The zero-order valence-corrected chi connectivity index (χ0v) is 20.7. The van der Waals surface area contributed by atoms with Crippen molar-refractivity contribution in [3.63, 3.8) is 0 Å². The van der Waals surface area contributed by atoms with E-state index in [4.69, 9.17) is 9.47 Å².